The molecule has 0 saturated carbocycles. The molecule has 11 heteroatoms. The summed E-state index contributed by atoms with van der Waals surface area (Å²) in [6.07, 6.45) is -3.26. The van der Waals surface area contributed by atoms with Crippen LogP contribution in [0.1, 0.15) is 18.4 Å². The molecule has 0 aliphatic carbocycles. The molecular weight excluding hydrogens is 417 g/mol. The highest BCUT2D eigenvalue weighted by atomic mass is 19.4. The zero-order valence-electron chi connectivity index (χ0n) is 16.9. The number of ether oxygens (including phenoxy) is 2. The first-order valence-electron chi connectivity index (χ1n) is 9.70. The van der Waals surface area contributed by atoms with Gasteiger partial charge in [-0.15, -0.1) is 13.2 Å². The van der Waals surface area contributed by atoms with Crippen LogP contribution in [0.25, 0.3) is 0 Å². The Morgan fingerprint density at radius 3 is 2.68 bits per heavy atom. The van der Waals surface area contributed by atoms with Crippen molar-refractivity contribution in [3.8, 4) is 11.8 Å². The van der Waals surface area contributed by atoms with E-state index in [9.17, 15) is 18.0 Å². The number of anilines is 2. The number of alkyl halides is 3. The summed E-state index contributed by atoms with van der Waals surface area (Å²) in [6.45, 7) is 1.78. The third-order valence-electron chi connectivity index (χ3n) is 4.82. The van der Waals surface area contributed by atoms with E-state index < -0.39 is 12.3 Å². The molecule has 2 N–H and O–H groups in total. The van der Waals surface area contributed by atoms with Crippen molar-refractivity contribution in [1.29, 1.82) is 0 Å². The standard InChI is InChI=1S/C20H23F3N4O4/c1-30-19-25-16(11-17(26-19)27-9-7-14(12-27)10-18(28)29)24-8-6-13-2-4-15(5-3-13)31-20(21,22)23/h2-5,11,14H,6-10,12H2,1H3,(H,28,29)(H,24,25,26)/t14-/m1/s1. The van der Waals surface area contributed by atoms with E-state index >= 15 is 0 Å². The largest absolute Gasteiger partial charge is 0.573 e. The minimum Gasteiger partial charge on any atom is -0.481 e. The maximum absolute atomic E-state index is 12.2. The summed E-state index contributed by atoms with van der Waals surface area (Å²) in [5.41, 5.74) is 0.833. The summed E-state index contributed by atoms with van der Waals surface area (Å²) < 4.78 is 45.7. The first-order chi connectivity index (χ1) is 14.7. The number of rotatable bonds is 9. The van der Waals surface area contributed by atoms with Crippen LogP contribution in [0.4, 0.5) is 24.8 Å². The Hall–Kier alpha value is -3.24. The minimum absolute atomic E-state index is 0.0687. The molecule has 31 heavy (non-hydrogen) atoms. The molecule has 0 unspecified atom stereocenters. The van der Waals surface area contributed by atoms with Gasteiger partial charge >= 0.3 is 18.3 Å². The van der Waals surface area contributed by atoms with Gasteiger partial charge in [0.2, 0.25) is 0 Å². The van der Waals surface area contributed by atoms with Crippen LogP contribution in [-0.2, 0) is 11.2 Å². The highest BCUT2D eigenvalue weighted by Gasteiger charge is 2.31. The summed E-state index contributed by atoms with van der Waals surface area (Å²) in [7, 11) is 1.46. The average Bonchev–Trinajstić information content (AvgIpc) is 3.16. The molecule has 0 radical (unpaired) electrons. The van der Waals surface area contributed by atoms with E-state index in [1.54, 1.807) is 18.2 Å². The lowest BCUT2D eigenvalue weighted by molar-refractivity contribution is -0.274. The van der Waals surface area contributed by atoms with Gasteiger partial charge in [0.05, 0.1) is 7.11 Å². The van der Waals surface area contributed by atoms with Gasteiger partial charge in [0.1, 0.15) is 17.4 Å². The zero-order chi connectivity index (χ0) is 22.4. The molecular formula is C20H23F3N4O4. The van der Waals surface area contributed by atoms with Gasteiger partial charge in [-0.3, -0.25) is 4.79 Å². The number of methoxy groups -OCH3 is 1. The van der Waals surface area contributed by atoms with Crippen molar-refractivity contribution in [2.24, 2.45) is 5.92 Å². The van der Waals surface area contributed by atoms with Crippen molar-refractivity contribution in [1.82, 2.24) is 9.97 Å². The van der Waals surface area contributed by atoms with Gasteiger partial charge in [-0.2, -0.15) is 9.97 Å². The first kappa shape index (κ1) is 22.4. The van der Waals surface area contributed by atoms with E-state index in [0.29, 0.717) is 37.7 Å². The SMILES string of the molecule is COc1nc(NCCc2ccc(OC(F)(F)F)cc2)cc(N2CC[C@H](CC(=O)O)C2)n1. The second kappa shape index (κ2) is 9.71. The van der Waals surface area contributed by atoms with Gasteiger partial charge in [-0.05, 0) is 36.5 Å². The van der Waals surface area contributed by atoms with Gasteiger partial charge in [0.25, 0.3) is 0 Å². The fraction of sp³-hybridized carbons (Fsp3) is 0.450. The molecule has 0 bridgehead atoms. The van der Waals surface area contributed by atoms with Crippen LogP contribution in [-0.4, -0.2) is 54.2 Å². The number of aromatic nitrogens is 2. The molecule has 1 aromatic carbocycles. The normalized spacial score (nSPS) is 16.3. The fourth-order valence-corrected chi connectivity index (χ4v) is 3.40. The molecule has 0 spiro atoms. The number of halogens is 3. The summed E-state index contributed by atoms with van der Waals surface area (Å²) in [6, 6.07) is 7.65. The first-order valence-corrected chi connectivity index (χ1v) is 9.70. The number of nitrogens with one attached hydrogen (secondary N) is 1. The summed E-state index contributed by atoms with van der Waals surface area (Å²) in [5, 5.41) is 12.1. The van der Waals surface area contributed by atoms with Crippen molar-refractivity contribution in [3.05, 3.63) is 35.9 Å². The molecule has 2 heterocycles. The Bertz CT molecular complexity index is 893. The molecule has 8 nitrogen and oxygen atoms in total. The van der Waals surface area contributed by atoms with Crippen LogP contribution < -0.4 is 19.7 Å². The Labute approximate surface area is 177 Å². The lowest BCUT2D eigenvalue weighted by Gasteiger charge is -2.19. The Morgan fingerprint density at radius 2 is 2.03 bits per heavy atom. The molecule has 1 aliphatic rings. The van der Waals surface area contributed by atoms with Crippen molar-refractivity contribution in [3.63, 3.8) is 0 Å². The highest BCUT2D eigenvalue weighted by molar-refractivity contribution is 5.67. The Balaban J connectivity index is 1.58. The molecule has 1 fully saturated rings. The average molecular weight is 440 g/mol. The van der Waals surface area contributed by atoms with E-state index in [1.165, 1.54) is 19.2 Å². The number of carboxylic acids is 1. The summed E-state index contributed by atoms with van der Waals surface area (Å²) >= 11 is 0. The Kier molecular flexibility index (Phi) is 7.03. The van der Waals surface area contributed by atoms with Gasteiger partial charge in [-0.1, -0.05) is 12.1 Å². The number of nitrogens with zero attached hydrogens (tertiary/aromatic N) is 3. The van der Waals surface area contributed by atoms with E-state index in [1.807, 2.05) is 4.90 Å². The lowest BCUT2D eigenvalue weighted by Crippen LogP contribution is -2.22. The van der Waals surface area contributed by atoms with Crippen LogP contribution in [0.2, 0.25) is 0 Å². The van der Waals surface area contributed by atoms with E-state index in [-0.39, 0.29) is 24.1 Å². The van der Waals surface area contributed by atoms with Crippen molar-refractivity contribution < 1.29 is 32.5 Å². The van der Waals surface area contributed by atoms with Crippen LogP contribution >= 0.6 is 0 Å². The topological polar surface area (TPSA) is 96.8 Å². The number of benzene rings is 1. The van der Waals surface area contributed by atoms with Crippen molar-refractivity contribution >= 4 is 17.6 Å². The van der Waals surface area contributed by atoms with Crippen LogP contribution in [0, 0.1) is 5.92 Å². The van der Waals surface area contributed by atoms with Gasteiger partial charge in [0.15, 0.2) is 0 Å². The van der Waals surface area contributed by atoms with E-state index in [0.717, 1.165) is 12.0 Å². The molecule has 2 aromatic rings. The number of hydrogen-bond acceptors (Lipinski definition) is 7. The second-order valence-electron chi connectivity index (χ2n) is 7.17. The molecule has 1 aromatic heterocycles. The van der Waals surface area contributed by atoms with Crippen molar-refractivity contribution in [2.75, 3.05) is 37.0 Å². The molecule has 1 saturated heterocycles. The fourth-order valence-electron chi connectivity index (χ4n) is 3.40. The predicted molar refractivity (Wildman–Crippen MR) is 106 cm³/mol. The molecule has 3 rings (SSSR count). The minimum atomic E-state index is -4.71. The number of carboxylic acid groups (broad SMARTS) is 1. The van der Waals surface area contributed by atoms with E-state index in [4.69, 9.17) is 9.84 Å². The predicted octanol–water partition coefficient (Wildman–Crippen LogP) is 3.34. The number of carbonyl (C=O) groups is 1. The van der Waals surface area contributed by atoms with E-state index in [2.05, 4.69) is 20.0 Å². The van der Waals surface area contributed by atoms with Crippen LogP contribution in [0.5, 0.6) is 11.8 Å². The maximum Gasteiger partial charge on any atom is 0.573 e. The molecule has 0 amide bonds. The Morgan fingerprint density at radius 1 is 1.29 bits per heavy atom. The molecule has 168 valence electrons. The van der Waals surface area contributed by atoms with Gasteiger partial charge < -0.3 is 24.8 Å². The highest BCUT2D eigenvalue weighted by Crippen LogP contribution is 2.27. The molecule has 1 aliphatic heterocycles. The van der Waals surface area contributed by atoms with Crippen LogP contribution in [0.15, 0.2) is 30.3 Å². The van der Waals surface area contributed by atoms with Gasteiger partial charge in [-0.25, -0.2) is 0 Å². The third-order valence-corrected chi connectivity index (χ3v) is 4.82. The van der Waals surface area contributed by atoms with Gasteiger partial charge in [0, 0.05) is 32.1 Å². The summed E-state index contributed by atoms with van der Waals surface area (Å²) in [4.78, 5) is 21.6. The van der Waals surface area contributed by atoms with Crippen molar-refractivity contribution in [2.45, 2.75) is 25.6 Å². The second-order valence-corrected chi connectivity index (χ2v) is 7.17. The third kappa shape index (κ3) is 6.90. The maximum atomic E-state index is 12.2. The quantitative estimate of drug-likeness (QED) is 0.613. The zero-order valence-corrected chi connectivity index (χ0v) is 16.9. The number of hydrogen-bond donors (Lipinski definition) is 2. The number of aliphatic carboxylic acids is 1. The molecule has 1 atom stereocenters. The monoisotopic (exact) mass is 440 g/mol. The summed E-state index contributed by atoms with van der Waals surface area (Å²) in [5.74, 6) is 0.185. The lowest BCUT2D eigenvalue weighted by atomic mass is 10.1. The van der Waals surface area contributed by atoms with Crippen LogP contribution in [0.3, 0.4) is 0 Å². The smallest absolute Gasteiger partial charge is 0.481 e.